The Hall–Kier alpha value is -0.0800. The zero-order valence-electron chi connectivity index (χ0n) is 9.02. The van der Waals surface area contributed by atoms with Gasteiger partial charge in [0.05, 0.1) is 11.7 Å². The molecule has 0 saturated carbocycles. The summed E-state index contributed by atoms with van der Waals surface area (Å²) in [6.07, 6.45) is 1.24. The summed E-state index contributed by atoms with van der Waals surface area (Å²) in [7, 11) is 0. The fourth-order valence-electron chi connectivity index (χ4n) is 1.49. The molecule has 1 unspecified atom stereocenters. The Balaban J connectivity index is 3.70. The van der Waals surface area contributed by atoms with Gasteiger partial charge in [-0.25, -0.2) is 0 Å². The fraction of sp³-hybridized carbons (Fsp3) is 1.00. The van der Waals surface area contributed by atoms with Gasteiger partial charge in [0.1, 0.15) is 0 Å². The standard InChI is InChI=1S/C10H22O2/c1-6-11-9(3)8-10(4,5)12-7-2/h9H,6-8H2,1-5H3. The summed E-state index contributed by atoms with van der Waals surface area (Å²) < 4.78 is 11.0. The largest absolute Gasteiger partial charge is 0.379 e. The first-order valence-corrected chi connectivity index (χ1v) is 4.77. The van der Waals surface area contributed by atoms with Crippen molar-refractivity contribution >= 4 is 0 Å². The van der Waals surface area contributed by atoms with Crippen molar-refractivity contribution in [2.75, 3.05) is 13.2 Å². The summed E-state index contributed by atoms with van der Waals surface area (Å²) >= 11 is 0. The number of hydrogen-bond acceptors (Lipinski definition) is 2. The van der Waals surface area contributed by atoms with Crippen LogP contribution in [0.5, 0.6) is 0 Å². The smallest absolute Gasteiger partial charge is 0.0650 e. The van der Waals surface area contributed by atoms with Gasteiger partial charge in [0.2, 0.25) is 0 Å². The van der Waals surface area contributed by atoms with E-state index in [9.17, 15) is 0 Å². The van der Waals surface area contributed by atoms with Crippen molar-refractivity contribution in [2.45, 2.75) is 52.7 Å². The molecule has 0 spiro atoms. The lowest BCUT2D eigenvalue weighted by atomic mass is 10.0. The van der Waals surface area contributed by atoms with Gasteiger partial charge in [0.15, 0.2) is 0 Å². The molecule has 0 radical (unpaired) electrons. The summed E-state index contributed by atoms with van der Waals surface area (Å²) in [6, 6.07) is 0. The van der Waals surface area contributed by atoms with E-state index in [4.69, 9.17) is 9.47 Å². The highest BCUT2D eigenvalue weighted by atomic mass is 16.5. The molecule has 0 heterocycles. The summed E-state index contributed by atoms with van der Waals surface area (Å²) in [5, 5.41) is 0. The molecule has 0 aliphatic heterocycles. The Morgan fingerprint density at radius 1 is 1.17 bits per heavy atom. The van der Waals surface area contributed by atoms with Gasteiger partial charge in [-0.1, -0.05) is 0 Å². The third kappa shape index (κ3) is 5.56. The molecule has 0 aliphatic rings. The first-order chi connectivity index (χ1) is 5.52. The quantitative estimate of drug-likeness (QED) is 0.616. The lowest BCUT2D eigenvalue weighted by Gasteiger charge is -2.27. The Labute approximate surface area is 76.3 Å². The van der Waals surface area contributed by atoms with Crippen LogP contribution in [0.4, 0.5) is 0 Å². The van der Waals surface area contributed by atoms with Crippen LogP contribution >= 0.6 is 0 Å². The lowest BCUT2D eigenvalue weighted by Crippen LogP contribution is -2.30. The van der Waals surface area contributed by atoms with Crippen molar-refractivity contribution in [3.63, 3.8) is 0 Å². The predicted octanol–water partition coefficient (Wildman–Crippen LogP) is 2.62. The van der Waals surface area contributed by atoms with Gasteiger partial charge in [-0.2, -0.15) is 0 Å². The molecule has 0 aromatic rings. The fourth-order valence-corrected chi connectivity index (χ4v) is 1.49. The number of ether oxygens (including phenoxy) is 2. The molecule has 0 aromatic carbocycles. The van der Waals surface area contributed by atoms with Gasteiger partial charge >= 0.3 is 0 Å². The molecule has 74 valence electrons. The summed E-state index contributed by atoms with van der Waals surface area (Å²) in [4.78, 5) is 0. The monoisotopic (exact) mass is 174 g/mol. The van der Waals surface area contributed by atoms with Crippen LogP contribution < -0.4 is 0 Å². The summed E-state index contributed by atoms with van der Waals surface area (Å²) in [6.45, 7) is 11.9. The zero-order valence-corrected chi connectivity index (χ0v) is 9.02. The molecule has 1 atom stereocenters. The maximum atomic E-state index is 5.57. The van der Waals surface area contributed by atoms with Crippen LogP contribution in [0, 0.1) is 0 Å². The van der Waals surface area contributed by atoms with E-state index in [2.05, 4.69) is 20.8 Å². The Morgan fingerprint density at radius 2 is 1.75 bits per heavy atom. The molecule has 0 bridgehead atoms. The van der Waals surface area contributed by atoms with Gasteiger partial charge in [-0.05, 0) is 34.6 Å². The SMILES string of the molecule is CCOC(C)CC(C)(C)OCC. The molecular weight excluding hydrogens is 152 g/mol. The Bertz CT molecular complexity index is 110. The summed E-state index contributed by atoms with van der Waals surface area (Å²) in [5.41, 5.74) is -0.0522. The number of hydrogen-bond donors (Lipinski definition) is 0. The van der Waals surface area contributed by atoms with Gasteiger partial charge in [-0.3, -0.25) is 0 Å². The van der Waals surface area contributed by atoms with Gasteiger partial charge in [0.25, 0.3) is 0 Å². The van der Waals surface area contributed by atoms with Crippen molar-refractivity contribution in [3.05, 3.63) is 0 Å². The first-order valence-electron chi connectivity index (χ1n) is 4.77. The van der Waals surface area contributed by atoms with Gasteiger partial charge in [-0.15, -0.1) is 0 Å². The minimum Gasteiger partial charge on any atom is -0.379 e. The van der Waals surface area contributed by atoms with Crippen molar-refractivity contribution < 1.29 is 9.47 Å². The lowest BCUT2D eigenvalue weighted by molar-refractivity contribution is -0.0549. The molecule has 0 aromatic heterocycles. The van der Waals surface area contributed by atoms with Crippen molar-refractivity contribution in [3.8, 4) is 0 Å². The molecule has 0 amide bonds. The van der Waals surface area contributed by atoms with E-state index in [1.165, 1.54) is 0 Å². The maximum absolute atomic E-state index is 5.57. The minimum atomic E-state index is -0.0522. The highest BCUT2D eigenvalue weighted by molar-refractivity contribution is 4.71. The van der Waals surface area contributed by atoms with Crippen LogP contribution in [0.2, 0.25) is 0 Å². The van der Waals surface area contributed by atoms with Gasteiger partial charge in [0, 0.05) is 19.6 Å². The van der Waals surface area contributed by atoms with Crippen LogP contribution in [0.25, 0.3) is 0 Å². The van der Waals surface area contributed by atoms with Gasteiger partial charge < -0.3 is 9.47 Å². The number of rotatable bonds is 6. The maximum Gasteiger partial charge on any atom is 0.0650 e. The molecule has 2 heteroatoms. The summed E-state index contributed by atoms with van der Waals surface area (Å²) in [5.74, 6) is 0. The third-order valence-corrected chi connectivity index (χ3v) is 1.77. The Kier molecular flexibility index (Phi) is 5.51. The van der Waals surface area contributed by atoms with E-state index in [0.717, 1.165) is 19.6 Å². The van der Waals surface area contributed by atoms with Crippen LogP contribution in [-0.4, -0.2) is 24.9 Å². The van der Waals surface area contributed by atoms with Crippen LogP contribution in [-0.2, 0) is 9.47 Å². The van der Waals surface area contributed by atoms with E-state index >= 15 is 0 Å². The van der Waals surface area contributed by atoms with Crippen LogP contribution in [0.3, 0.4) is 0 Å². The predicted molar refractivity (Wildman–Crippen MR) is 51.4 cm³/mol. The average molecular weight is 174 g/mol. The minimum absolute atomic E-state index is 0.0522. The molecule has 0 saturated heterocycles. The molecule has 0 N–H and O–H groups in total. The molecule has 2 nitrogen and oxygen atoms in total. The highest BCUT2D eigenvalue weighted by Gasteiger charge is 2.20. The third-order valence-electron chi connectivity index (χ3n) is 1.77. The van der Waals surface area contributed by atoms with E-state index < -0.39 is 0 Å². The van der Waals surface area contributed by atoms with E-state index in [1.54, 1.807) is 0 Å². The second-order valence-corrected chi connectivity index (χ2v) is 3.66. The van der Waals surface area contributed by atoms with Crippen molar-refractivity contribution in [1.82, 2.24) is 0 Å². The second-order valence-electron chi connectivity index (χ2n) is 3.66. The van der Waals surface area contributed by atoms with E-state index in [1.807, 2.05) is 13.8 Å². The zero-order chi connectivity index (χ0) is 9.61. The van der Waals surface area contributed by atoms with Crippen LogP contribution in [0.15, 0.2) is 0 Å². The molecule has 0 aliphatic carbocycles. The van der Waals surface area contributed by atoms with Crippen LogP contribution in [0.1, 0.15) is 41.0 Å². The topological polar surface area (TPSA) is 18.5 Å². The molecule has 0 fully saturated rings. The molecule has 0 rings (SSSR count). The van der Waals surface area contributed by atoms with Crippen molar-refractivity contribution in [1.29, 1.82) is 0 Å². The first kappa shape index (κ1) is 11.9. The highest BCUT2D eigenvalue weighted by Crippen LogP contribution is 2.17. The molecular formula is C10H22O2. The van der Waals surface area contributed by atoms with Crippen molar-refractivity contribution in [2.24, 2.45) is 0 Å². The normalized spacial score (nSPS) is 14.8. The average Bonchev–Trinajstić information content (AvgIpc) is 1.85. The second kappa shape index (κ2) is 5.55. The molecule has 12 heavy (non-hydrogen) atoms. The van der Waals surface area contributed by atoms with E-state index in [0.29, 0.717) is 0 Å². The Morgan fingerprint density at radius 3 is 2.17 bits per heavy atom. The van der Waals surface area contributed by atoms with E-state index in [-0.39, 0.29) is 11.7 Å².